The molecule has 0 aromatic rings. The van der Waals surface area contributed by atoms with Gasteiger partial charge in [0.25, 0.3) is 5.91 Å². The number of hydrogen-bond donors (Lipinski definition) is 1. The van der Waals surface area contributed by atoms with Crippen molar-refractivity contribution >= 4 is 5.91 Å². The lowest BCUT2D eigenvalue weighted by Gasteiger charge is -2.23. The van der Waals surface area contributed by atoms with Gasteiger partial charge in [-0.1, -0.05) is 31.4 Å². The average Bonchev–Trinajstić information content (AvgIpc) is 2.48. The van der Waals surface area contributed by atoms with Crippen LogP contribution in [-0.4, -0.2) is 29.9 Å². The Morgan fingerprint density at radius 2 is 1.85 bits per heavy atom. The quantitative estimate of drug-likeness (QED) is 0.440. The third kappa shape index (κ3) is 4.93. The number of rotatable bonds is 7. The SMILES string of the molecule is C=CCN(CC=C)C(=O)/C(C#N)=C\NC1CCCCC1. The van der Waals surface area contributed by atoms with E-state index < -0.39 is 0 Å². The van der Waals surface area contributed by atoms with Crippen molar-refractivity contribution in [3.63, 3.8) is 0 Å². The molecule has 0 bridgehead atoms. The molecule has 0 saturated heterocycles. The summed E-state index contributed by atoms with van der Waals surface area (Å²) in [6.45, 7) is 8.07. The first-order valence-electron chi connectivity index (χ1n) is 7.10. The molecule has 0 atom stereocenters. The van der Waals surface area contributed by atoms with E-state index in [1.54, 1.807) is 18.4 Å². The molecule has 0 spiro atoms. The highest BCUT2D eigenvalue weighted by atomic mass is 16.2. The number of carbonyl (C=O) groups is 1. The Kier molecular flexibility index (Phi) is 7.20. The Labute approximate surface area is 121 Å². The van der Waals surface area contributed by atoms with Crippen molar-refractivity contribution in [2.75, 3.05) is 13.1 Å². The summed E-state index contributed by atoms with van der Waals surface area (Å²) in [6, 6.07) is 2.36. The summed E-state index contributed by atoms with van der Waals surface area (Å²) in [5.41, 5.74) is 0.138. The fourth-order valence-corrected chi connectivity index (χ4v) is 2.33. The van der Waals surface area contributed by atoms with Gasteiger partial charge in [0, 0.05) is 25.3 Å². The van der Waals surface area contributed by atoms with Crippen LogP contribution in [0.1, 0.15) is 32.1 Å². The van der Waals surface area contributed by atoms with Crippen LogP contribution in [0.15, 0.2) is 37.1 Å². The van der Waals surface area contributed by atoms with E-state index in [0.29, 0.717) is 19.1 Å². The molecule has 1 amide bonds. The topological polar surface area (TPSA) is 56.1 Å². The van der Waals surface area contributed by atoms with Gasteiger partial charge in [-0.15, -0.1) is 13.2 Å². The second-order valence-electron chi connectivity index (χ2n) is 4.96. The van der Waals surface area contributed by atoms with Crippen molar-refractivity contribution in [2.24, 2.45) is 0 Å². The van der Waals surface area contributed by atoms with Gasteiger partial charge in [0.15, 0.2) is 0 Å². The molecule has 108 valence electrons. The molecule has 4 nitrogen and oxygen atoms in total. The maximum Gasteiger partial charge on any atom is 0.266 e. The van der Waals surface area contributed by atoms with Crippen molar-refractivity contribution in [1.82, 2.24) is 10.2 Å². The summed E-state index contributed by atoms with van der Waals surface area (Å²) in [5.74, 6) is -0.282. The molecule has 0 aromatic carbocycles. The van der Waals surface area contributed by atoms with Crippen LogP contribution in [0.25, 0.3) is 0 Å². The second-order valence-corrected chi connectivity index (χ2v) is 4.96. The highest BCUT2D eigenvalue weighted by molar-refractivity contribution is 5.97. The maximum atomic E-state index is 12.2. The van der Waals surface area contributed by atoms with Crippen molar-refractivity contribution in [3.8, 4) is 6.07 Å². The summed E-state index contributed by atoms with van der Waals surface area (Å²) in [5, 5.41) is 12.4. The maximum absolute atomic E-state index is 12.2. The van der Waals surface area contributed by atoms with E-state index in [1.165, 1.54) is 24.2 Å². The van der Waals surface area contributed by atoms with Gasteiger partial charge < -0.3 is 10.2 Å². The molecule has 0 radical (unpaired) electrons. The molecule has 4 heteroatoms. The molecule has 0 unspecified atom stereocenters. The first kappa shape index (κ1) is 16.0. The van der Waals surface area contributed by atoms with Crippen LogP contribution in [0, 0.1) is 11.3 Å². The number of nitrogens with one attached hydrogen (secondary N) is 1. The van der Waals surface area contributed by atoms with Gasteiger partial charge in [-0.05, 0) is 12.8 Å². The van der Waals surface area contributed by atoms with Crippen LogP contribution in [0.3, 0.4) is 0 Å². The molecule has 1 N–H and O–H groups in total. The minimum absolute atomic E-state index is 0.138. The Morgan fingerprint density at radius 3 is 2.35 bits per heavy atom. The number of amides is 1. The minimum atomic E-state index is -0.282. The van der Waals surface area contributed by atoms with Gasteiger partial charge >= 0.3 is 0 Å². The monoisotopic (exact) mass is 273 g/mol. The molecule has 1 fully saturated rings. The van der Waals surface area contributed by atoms with Crippen LogP contribution >= 0.6 is 0 Å². The van der Waals surface area contributed by atoms with Crippen LogP contribution in [0.2, 0.25) is 0 Å². The van der Waals surface area contributed by atoms with E-state index in [1.807, 2.05) is 6.07 Å². The zero-order chi connectivity index (χ0) is 14.8. The normalized spacial score (nSPS) is 16.1. The Morgan fingerprint density at radius 1 is 1.25 bits per heavy atom. The Balaban J connectivity index is 2.66. The first-order chi connectivity index (χ1) is 9.72. The number of carbonyl (C=O) groups excluding carboxylic acids is 1. The molecular weight excluding hydrogens is 250 g/mol. The highest BCUT2D eigenvalue weighted by Crippen LogP contribution is 2.17. The molecule has 0 heterocycles. The van der Waals surface area contributed by atoms with E-state index in [-0.39, 0.29) is 11.5 Å². The lowest BCUT2D eigenvalue weighted by atomic mass is 9.96. The predicted octanol–water partition coefficient (Wildman–Crippen LogP) is 2.52. The van der Waals surface area contributed by atoms with E-state index >= 15 is 0 Å². The first-order valence-corrected chi connectivity index (χ1v) is 7.10. The van der Waals surface area contributed by atoms with Crippen LogP contribution in [0.4, 0.5) is 0 Å². The standard InChI is InChI=1S/C16H23N3O/c1-3-10-19(11-4-2)16(20)14(12-17)13-18-15-8-6-5-7-9-15/h3-4,13,15,18H,1-2,5-11H2/b14-13-. The Bertz CT molecular complexity index is 404. The smallest absolute Gasteiger partial charge is 0.266 e. The minimum Gasteiger partial charge on any atom is -0.387 e. The molecule has 0 aromatic heterocycles. The van der Waals surface area contributed by atoms with E-state index in [4.69, 9.17) is 5.26 Å². The predicted molar refractivity (Wildman–Crippen MR) is 80.7 cm³/mol. The third-order valence-corrected chi connectivity index (χ3v) is 3.41. The summed E-state index contributed by atoms with van der Waals surface area (Å²) in [4.78, 5) is 13.8. The van der Waals surface area contributed by atoms with Gasteiger partial charge in [-0.2, -0.15) is 5.26 Å². The molecule has 0 aliphatic heterocycles. The number of nitriles is 1. The van der Waals surface area contributed by atoms with Gasteiger partial charge in [0.1, 0.15) is 11.6 Å². The van der Waals surface area contributed by atoms with Gasteiger partial charge in [0.05, 0.1) is 0 Å². The van der Waals surface area contributed by atoms with Crippen molar-refractivity contribution in [2.45, 2.75) is 38.1 Å². The van der Waals surface area contributed by atoms with E-state index in [2.05, 4.69) is 18.5 Å². The Hall–Kier alpha value is -2.02. The summed E-state index contributed by atoms with van der Waals surface area (Å²) >= 11 is 0. The van der Waals surface area contributed by atoms with Crippen LogP contribution in [0.5, 0.6) is 0 Å². The van der Waals surface area contributed by atoms with E-state index in [0.717, 1.165) is 12.8 Å². The molecule has 20 heavy (non-hydrogen) atoms. The molecule has 1 saturated carbocycles. The van der Waals surface area contributed by atoms with Crippen LogP contribution in [-0.2, 0) is 4.79 Å². The zero-order valence-electron chi connectivity index (χ0n) is 12.0. The second kappa shape index (κ2) is 8.98. The number of nitrogens with zero attached hydrogens (tertiary/aromatic N) is 2. The lowest BCUT2D eigenvalue weighted by Crippen LogP contribution is -2.34. The van der Waals surface area contributed by atoms with Crippen molar-refractivity contribution in [3.05, 3.63) is 37.1 Å². The fourth-order valence-electron chi connectivity index (χ4n) is 2.33. The zero-order valence-corrected chi connectivity index (χ0v) is 12.0. The fraction of sp³-hybridized carbons (Fsp3) is 0.500. The molecule has 1 aliphatic rings. The lowest BCUT2D eigenvalue weighted by molar-refractivity contribution is -0.125. The van der Waals surface area contributed by atoms with Crippen molar-refractivity contribution < 1.29 is 4.79 Å². The molecular formula is C16H23N3O. The molecule has 1 aliphatic carbocycles. The summed E-state index contributed by atoms with van der Waals surface area (Å²) in [7, 11) is 0. The summed E-state index contributed by atoms with van der Waals surface area (Å²) < 4.78 is 0. The van der Waals surface area contributed by atoms with Gasteiger partial charge in [-0.25, -0.2) is 0 Å². The van der Waals surface area contributed by atoms with Gasteiger partial charge in [-0.3, -0.25) is 4.79 Å². The van der Waals surface area contributed by atoms with Gasteiger partial charge in [0.2, 0.25) is 0 Å². The average molecular weight is 273 g/mol. The number of hydrogen-bond acceptors (Lipinski definition) is 3. The molecule has 1 rings (SSSR count). The highest BCUT2D eigenvalue weighted by Gasteiger charge is 2.17. The summed E-state index contributed by atoms with van der Waals surface area (Å²) in [6.07, 6.45) is 10.8. The third-order valence-electron chi connectivity index (χ3n) is 3.41. The largest absolute Gasteiger partial charge is 0.387 e. The van der Waals surface area contributed by atoms with E-state index in [9.17, 15) is 4.79 Å². The van der Waals surface area contributed by atoms with Crippen molar-refractivity contribution in [1.29, 1.82) is 5.26 Å². The van der Waals surface area contributed by atoms with Crippen LogP contribution < -0.4 is 5.32 Å².